The first-order valence-corrected chi connectivity index (χ1v) is 7.54. The highest BCUT2D eigenvalue weighted by atomic mass is 16.5. The quantitative estimate of drug-likeness (QED) is 0.857. The summed E-state index contributed by atoms with van der Waals surface area (Å²) < 4.78 is 4.64. The third-order valence-electron chi connectivity index (χ3n) is 3.80. The van der Waals surface area contributed by atoms with Gasteiger partial charge >= 0.3 is 5.97 Å². The molecule has 0 heterocycles. The van der Waals surface area contributed by atoms with Crippen molar-refractivity contribution in [2.75, 3.05) is 12.4 Å². The van der Waals surface area contributed by atoms with E-state index in [1.807, 2.05) is 0 Å². The number of aryl methyl sites for hydroxylation is 3. The number of methoxy groups -OCH3 is 1. The van der Waals surface area contributed by atoms with E-state index in [4.69, 9.17) is 0 Å². The second-order valence-electron chi connectivity index (χ2n) is 5.54. The molecule has 0 fully saturated rings. The van der Waals surface area contributed by atoms with Gasteiger partial charge in [-0.05, 0) is 61.2 Å². The van der Waals surface area contributed by atoms with Crippen molar-refractivity contribution >= 4 is 17.6 Å². The van der Waals surface area contributed by atoms with Gasteiger partial charge < -0.3 is 10.1 Å². The largest absolute Gasteiger partial charge is 0.465 e. The average Bonchev–Trinajstić information content (AvgIpc) is 2.56. The molecule has 0 saturated carbocycles. The van der Waals surface area contributed by atoms with Crippen LogP contribution in [0.5, 0.6) is 0 Å². The second-order valence-corrected chi connectivity index (χ2v) is 5.54. The Balaban J connectivity index is 1.89. The lowest BCUT2D eigenvalue weighted by Gasteiger charge is -2.07. The number of benzene rings is 2. The molecule has 0 unspecified atom stereocenters. The van der Waals surface area contributed by atoms with Gasteiger partial charge in [-0.3, -0.25) is 4.79 Å². The van der Waals surface area contributed by atoms with E-state index in [0.717, 1.165) is 5.56 Å². The Bertz CT molecular complexity index is 705. The van der Waals surface area contributed by atoms with Gasteiger partial charge in [0.2, 0.25) is 5.91 Å². The Morgan fingerprint density at radius 3 is 2.30 bits per heavy atom. The van der Waals surface area contributed by atoms with E-state index in [1.54, 1.807) is 24.3 Å². The Morgan fingerprint density at radius 2 is 1.70 bits per heavy atom. The molecule has 120 valence electrons. The number of carbonyl (C=O) groups is 2. The molecule has 1 N–H and O–H groups in total. The Hall–Kier alpha value is -2.62. The predicted octanol–water partition coefficient (Wildman–Crippen LogP) is 3.66. The third-order valence-corrected chi connectivity index (χ3v) is 3.80. The van der Waals surface area contributed by atoms with Gasteiger partial charge in [0.1, 0.15) is 0 Å². The van der Waals surface area contributed by atoms with Crippen molar-refractivity contribution in [3.63, 3.8) is 0 Å². The molecule has 4 heteroatoms. The first-order chi connectivity index (χ1) is 11.0. The van der Waals surface area contributed by atoms with Crippen LogP contribution in [0.2, 0.25) is 0 Å². The predicted molar refractivity (Wildman–Crippen MR) is 90.6 cm³/mol. The number of amides is 1. The van der Waals surface area contributed by atoms with Gasteiger partial charge in [0.25, 0.3) is 0 Å². The minimum absolute atomic E-state index is 0.0472. The molecule has 1 amide bonds. The maximum absolute atomic E-state index is 12.0. The van der Waals surface area contributed by atoms with E-state index in [-0.39, 0.29) is 5.91 Å². The molecule has 2 aromatic rings. The molecule has 0 bridgehead atoms. The molecule has 0 atom stereocenters. The molecule has 0 spiro atoms. The zero-order valence-electron chi connectivity index (χ0n) is 13.7. The Labute approximate surface area is 136 Å². The van der Waals surface area contributed by atoms with Crippen LogP contribution in [0.15, 0.2) is 42.5 Å². The van der Waals surface area contributed by atoms with Gasteiger partial charge in [-0.25, -0.2) is 4.79 Å². The van der Waals surface area contributed by atoms with Crippen LogP contribution in [0.1, 0.15) is 33.5 Å². The van der Waals surface area contributed by atoms with Crippen LogP contribution in [-0.2, 0) is 16.0 Å². The lowest BCUT2D eigenvalue weighted by atomic mass is 10.0. The van der Waals surface area contributed by atoms with Crippen LogP contribution in [-0.4, -0.2) is 19.0 Å². The van der Waals surface area contributed by atoms with Crippen molar-refractivity contribution in [2.45, 2.75) is 26.7 Å². The highest BCUT2D eigenvalue weighted by molar-refractivity contribution is 5.93. The van der Waals surface area contributed by atoms with Crippen molar-refractivity contribution in [1.29, 1.82) is 0 Å². The normalized spacial score (nSPS) is 10.2. The Morgan fingerprint density at radius 1 is 1.00 bits per heavy atom. The number of rotatable bonds is 5. The standard InChI is InChI=1S/C19H21NO3/c1-13-4-5-15(12-14(13)2)6-11-18(21)20-17-9-7-16(8-10-17)19(22)23-3/h4-5,7-10,12H,6,11H2,1-3H3,(H,20,21). The van der Waals surface area contributed by atoms with E-state index >= 15 is 0 Å². The van der Waals surface area contributed by atoms with Gasteiger partial charge in [0.05, 0.1) is 12.7 Å². The monoisotopic (exact) mass is 311 g/mol. The number of anilines is 1. The van der Waals surface area contributed by atoms with Crippen LogP contribution in [0, 0.1) is 13.8 Å². The average molecular weight is 311 g/mol. The summed E-state index contributed by atoms with van der Waals surface area (Å²) in [5, 5.41) is 2.83. The fourth-order valence-corrected chi connectivity index (χ4v) is 2.25. The molecular formula is C19H21NO3. The Kier molecular flexibility index (Phi) is 5.52. The summed E-state index contributed by atoms with van der Waals surface area (Å²) in [6.07, 6.45) is 1.12. The van der Waals surface area contributed by atoms with E-state index in [2.05, 4.69) is 42.1 Å². The van der Waals surface area contributed by atoms with E-state index in [1.165, 1.54) is 18.2 Å². The lowest BCUT2D eigenvalue weighted by Crippen LogP contribution is -2.12. The fraction of sp³-hybridized carbons (Fsp3) is 0.263. The summed E-state index contributed by atoms with van der Waals surface area (Å²) in [5.74, 6) is -0.438. The molecule has 0 aliphatic heterocycles. The maximum Gasteiger partial charge on any atom is 0.337 e. The summed E-state index contributed by atoms with van der Waals surface area (Å²) in [7, 11) is 1.34. The van der Waals surface area contributed by atoms with Gasteiger partial charge in [0.15, 0.2) is 0 Å². The molecule has 0 aliphatic carbocycles. The highest BCUT2D eigenvalue weighted by Gasteiger charge is 2.07. The van der Waals surface area contributed by atoms with Crippen LogP contribution >= 0.6 is 0 Å². The summed E-state index contributed by atoms with van der Waals surface area (Å²) in [6, 6.07) is 12.9. The van der Waals surface area contributed by atoms with Crippen molar-refractivity contribution < 1.29 is 14.3 Å². The summed E-state index contributed by atoms with van der Waals surface area (Å²) in [4.78, 5) is 23.4. The number of nitrogens with one attached hydrogen (secondary N) is 1. The molecule has 0 radical (unpaired) electrons. The number of hydrogen-bond acceptors (Lipinski definition) is 3. The SMILES string of the molecule is COC(=O)c1ccc(NC(=O)CCc2ccc(C)c(C)c2)cc1. The zero-order valence-corrected chi connectivity index (χ0v) is 13.7. The van der Waals surface area contributed by atoms with E-state index in [9.17, 15) is 9.59 Å². The summed E-state index contributed by atoms with van der Waals surface area (Å²) in [6.45, 7) is 4.14. The van der Waals surface area contributed by atoms with Crippen molar-refractivity contribution in [2.24, 2.45) is 0 Å². The molecule has 4 nitrogen and oxygen atoms in total. The van der Waals surface area contributed by atoms with E-state index in [0.29, 0.717) is 24.1 Å². The number of hydrogen-bond donors (Lipinski definition) is 1. The highest BCUT2D eigenvalue weighted by Crippen LogP contribution is 2.13. The van der Waals surface area contributed by atoms with Crippen LogP contribution < -0.4 is 5.32 Å². The van der Waals surface area contributed by atoms with Crippen molar-refractivity contribution in [1.82, 2.24) is 0 Å². The van der Waals surface area contributed by atoms with Crippen LogP contribution in [0.3, 0.4) is 0 Å². The smallest absolute Gasteiger partial charge is 0.337 e. The van der Waals surface area contributed by atoms with Crippen LogP contribution in [0.4, 0.5) is 5.69 Å². The maximum atomic E-state index is 12.0. The second kappa shape index (κ2) is 7.58. The lowest BCUT2D eigenvalue weighted by molar-refractivity contribution is -0.116. The molecular weight excluding hydrogens is 290 g/mol. The minimum Gasteiger partial charge on any atom is -0.465 e. The molecule has 0 saturated heterocycles. The van der Waals surface area contributed by atoms with Crippen LogP contribution in [0.25, 0.3) is 0 Å². The van der Waals surface area contributed by atoms with Gasteiger partial charge in [-0.15, -0.1) is 0 Å². The van der Waals surface area contributed by atoms with Gasteiger partial charge in [0, 0.05) is 12.1 Å². The molecule has 0 aliphatic rings. The first-order valence-electron chi connectivity index (χ1n) is 7.54. The molecule has 0 aromatic heterocycles. The molecule has 23 heavy (non-hydrogen) atoms. The summed E-state index contributed by atoms with van der Waals surface area (Å²) >= 11 is 0. The number of carbonyl (C=O) groups excluding carboxylic acids is 2. The topological polar surface area (TPSA) is 55.4 Å². The minimum atomic E-state index is -0.391. The van der Waals surface area contributed by atoms with Gasteiger partial charge in [-0.2, -0.15) is 0 Å². The number of ether oxygens (including phenoxy) is 1. The molecule has 2 rings (SSSR count). The van der Waals surface area contributed by atoms with Gasteiger partial charge in [-0.1, -0.05) is 18.2 Å². The third kappa shape index (κ3) is 4.68. The zero-order chi connectivity index (χ0) is 16.8. The number of esters is 1. The molecule has 2 aromatic carbocycles. The first kappa shape index (κ1) is 16.7. The fourth-order valence-electron chi connectivity index (χ4n) is 2.25. The van der Waals surface area contributed by atoms with Crippen molar-refractivity contribution in [3.8, 4) is 0 Å². The van der Waals surface area contributed by atoms with E-state index < -0.39 is 5.97 Å². The van der Waals surface area contributed by atoms with Crippen molar-refractivity contribution in [3.05, 3.63) is 64.7 Å². The summed E-state index contributed by atoms with van der Waals surface area (Å²) in [5.41, 5.74) is 4.78.